The van der Waals surface area contributed by atoms with Crippen molar-refractivity contribution in [1.82, 2.24) is 10.2 Å². The van der Waals surface area contributed by atoms with E-state index < -0.39 is 0 Å². The maximum Gasteiger partial charge on any atom is 0.315 e. The number of nitrogens with one attached hydrogen (secondary N) is 1. The molecule has 0 fully saturated rings. The molecular weight excluding hydrogens is 318 g/mol. The molecule has 1 rings (SSSR count). The van der Waals surface area contributed by atoms with Crippen molar-refractivity contribution in [2.24, 2.45) is 0 Å². The van der Waals surface area contributed by atoms with Gasteiger partial charge in [-0.3, -0.25) is 14.9 Å². The number of esters is 1. The molecule has 1 amide bonds. The van der Waals surface area contributed by atoms with E-state index in [1.54, 1.807) is 25.6 Å². The lowest BCUT2D eigenvalue weighted by Gasteiger charge is -2.09. The molecule has 0 saturated carbocycles. The van der Waals surface area contributed by atoms with E-state index in [2.05, 4.69) is 15.5 Å². The second-order valence-electron chi connectivity index (χ2n) is 3.55. The molecule has 0 radical (unpaired) electrons. The first-order valence-electron chi connectivity index (χ1n) is 6.11. The van der Waals surface area contributed by atoms with Gasteiger partial charge < -0.3 is 4.74 Å². The molecule has 112 valence electrons. The summed E-state index contributed by atoms with van der Waals surface area (Å²) in [5.41, 5.74) is 0. The van der Waals surface area contributed by atoms with Crippen LogP contribution in [0.1, 0.15) is 20.8 Å². The van der Waals surface area contributed by atoms with Crippen LogP contribution in [0.15, 0.2) is 4.34 Å². The number of carbonyl (C=O) groups is 2. The molecule has 1 aromatic heterocycles. The predicted octanol–water partition coefficient (Wildman–Crippen LogP) is 2.27. The number of nitrogens with zero attached hydrogens (tertiary/aromatic N) is 2. The number of carbonyl (C=O) groups excluding carboxylic acids is 2. The Kier molecular flexibility index (Phi) is 7.93. The van der Waals surface area contributed by atoms with Crippen molar-refractivity contribution in [2.75, 3.05) is 23.4 Å². The van der Waals surface area contributed by atoms with E-state index in [1.807, 2.05) is 6.92 Å². The average molecular weight is 335 g/mol. The van der Waals surface area contributed by atoms with Gasteiger partial charge in [0.2, 0.25) is 11.0 Å². The van der Waals surface area contributed by atoms with Crippen LogP contribution in [0.25, 0.3) is 0 Å². The first-order chi connectivity index (χ1) is 9.56. The Labute approximate surface area is 130 Å². The van der Waals surface area contributed by atoms with Crippen molar-refractivity contribution in [3.63, 3.8) is 0 Å². The van der Waals surface area contributed by atoms with Crippen molar-refractivity contribution in [3.8, 4) is 0 Å². The Balaban J connectivity index is 2.38. The topological polar surface area (TPSA) is 81.2 Å². The normalized spacial score (nSPS) is 11.9. The molecule has 20 heavy (non-hydrogen) atoms. The smallest absolute Gasteiger partial charge is 0.315 e. The fourth-order valence-electron chi connectivity index (χ4n) is 1.12. The second-order valence-corrected chi connectivity index (χ2v) is 7.37. The van der Waals surface area contributed by atoms with Crippen LogP contribution < -0.4 is 5.32 Å². The molecule has 0 spiro atoms. The van der Waals surface area contributed by atoms with E-state index >= 15 is 0 Å². The Morgan fingerprint density at radius 2 is 2.15 bits per heavy atom. The van der Waals surface area contributed by atoms with Crippen LogP contribution in [0.4, 0.5) is 5.13 Å². The molecule has 6 nitrogen and oxygen atoms in total. The minimum Gasteiger partial charge on any atom is -0.465 e. The van der Waals surface area contributed by atoms with Gasteiger partial charge >= 0.3 is 5.97 Å². The quantitative estimate of drug-likeness (QED) is 0.443. The number of hydrogen-bond acceptors (Lipinski definition) is 8. The predicted molar refractivity (Wildman–Crippen MR) is 83.5 cm³/mol. The van der Waals surface area contributed by atoms with E-state index in [0.29, 0.717) is 11.7 Å². The Hall–Kier alpha value is -0.800. The molecule has 1 N–H and O–H groups in total. The highest BCUT2D eigenvalue weighted by Crippen LogP contribution is 2.25. The fourth-order valence-corrected chi connectivity index (χ4v) is 3.45. The number of hydrogen-bond donors (Lipinski definition) is 1. The van der Waals surface area contributed by atoms with E-state index in [4.69, 9.17) is 4.74 Å². The number of rotatable bonds is 8. The van der Waals surface area contributed by atoms with Gasteiger partial charge in [0.1, 0.15) is 0 Å². The molecular formula is C11H17N3O3S3. The number of ether oxygens (including phenoxy) is 1. The summed E-state index contributed by atoms with van der Waals surface area (Å²) in [4.78, 5) is 23.1. The molecule has 0 bridgehead atoms. The minimum absolute atomic E-state index is 0.162. The standard InChI is InChI=1S/C11H17N3O3S3/c1-4-17-8(15)6-19-7(3)9(16)12-10-13-14-11(20-10)18-5-2/h7H,4-6H2,1-3H3,(H,12,13,16). The lowest BCUT2D eigenvalue weighted by molar-refractivity contribution is -0.139. The molecule has 1 heterocycles. The monoisotopic (exact) mass is 335 g/mol. The summed E-state index contributed by atoms with van der Waals surface area (Å²) in [5, 5.41) is 10.7. The third-order valence-electron chi connectivity index (χ3n) is 2.03. The summed E-state index contributed by atoms with van der Waals surface area (Å²) in [7, 11) is 0. The van der Waals surface area contributed by atoms with Crippen LogP contribution in [0, 0.1) is 0 Å². The first kappa shape index (κ1) is 17.3. The summed E-state index contributed by atoms with van der Waals surface area (Å²) in [5.74, 6) is 0.572. The number of aromatic nitrogens is 2. The lowest BCUT2D eigenvalue weighted by Crippen LogP contribution is -2.24. The number of anilines is 1. The summed E-state index contributed by atoms with van der Waals surface area (Å²) >= 11 is 4.16. The lowest BCUT2D eigenvalue weighted by atomic mass is 10.4. The van der Waals surface area contributed by atoms with Gasteiger partial charge in [-0.25, -0.2) is 0 Å². The van der Waals surface area contributed by atoms with Crippen LogP contribution in [-0.4, -0.2) is 45.4 Å². The van der Waals surface area contributed by atoms with Gasteiger partial charge in [0, 0.05) is 0 Å². The number of thioether (sulfide) groups is 2. The maximum absolute atomic E-state index is 11.9. The zero-order valence-corrected chi connectivity index (χ0v) is 14.0. The van der Waals surface area contributed by atoms with Gasteiger partial charge in [0.05, 0.1) is 17.6 Å². The van der Waals surface area contributed by atoms with Gasteiger partial charge in [0.25, 0.3) is 0 Å². The van der Waals surface area contributed by atoms with Gasteiger partial charge in [-0.2, -0.15) is 0 Å². The van der Waals surface area contributed by atoms with E-state index in [0.717, 1.165) is 10.1 Å². The highest BCUT2D eigenvalue weighted by molar-refractivity contribution is 8.01. The molecule has 0 saturated heterocycles. The summed E-state index contributed by atoms with van der Waals surface area (Å²) in [6.45, 7) is 5.86. The van der Waals surface area contributed by atoms with E-state index in [9.17, 15) is 9.59 Å². The summed E-state index contributed by atoms with van der Waals surface area (Å²) in [6, 6.07) is 0. The molecule has 0 aliphatic carbocycles. The van der Waals surface area contributed by atoms with Gasteiger partial charge in [0.15, 0.2) is 4.34 Å². The van der Waals surface area contributed by atoms with Crippen molar-refractivity contribution in [2.45, 2.75) is 30.4 Å². The van der Waals surface area contributed by atoms with Crippen molar-refractivity contribution < 1.29 is 14.3 Å². The third-order valence-corrected chi connectivity index (χ3v) is 5.00. The van der Waals surface area contributed by atoms with Gasteiger partial charge in [-0.1, -0.05) is 30.0 Å². The summed E-state index contributed by atoms with van der Waals surface area (Å²) in [6.07, 6.45) is 0. The van der Waals surface area contributed by atoms with Crippen LogP contribution in [0.2, 0.25) is 0 Å². The molecule has 1 aromatic rings. The van der Waals surface area contributed by atoms with E-state index in [-0.39, 0.29) is 22.9 Å². The SMILES string of the molecule is CCOC(=O)CSC(C)C(=O)Nc1nnc(SCC)s1. The highest BCUT2D eigenvalue weighted by Gasteiger charge is 2.17. The van der Waals surface area contributed by atoms with Crippen LogP contribution in [0.5, 0.6) is 0 Å². The fraction of sp³-hybridized carbons (Fsp3) is 0.636. The zero-order valence-electron chi connectivity index (χ0n) is 11.5. The van der Waals surface area contributed by atoms with Crippen molar-refractivity contribution >= 4 is 51.9 Å². The third kappa shape index (κ3) is 6.10. The van der Waals surface area contributed by atoms with E-state index in [1.165, 1.54) is 23.1 Å². The van der Waals surface area contributed by atoms with Crippen molar-refractivity contribution in [1.29, 1.82) is 0 Å². The second kappa shape index (κ2) is 9.19. The first-order valence-corrected chi connectivity index (χ1v) is 8.96. The Morgan fingerprint density at radius 1 is 1.40 bits per heavy atom. The molecule has 0 aliphatic rings. The van der Waals surface area contributed by atoms with Gasteiger partial charge in [-0.15, -0.1) is 22.0 Å². The average Bonchev–Trinajstić information content (AvgIpc) is 2.84. The zero-order chi connectivity index (χ0) is 15.0. The van der Waals surface area contributed by atoms with Crippen LogP contribution >= 0.6 is 34.9 Å². The molecule has 0 aromatic carbocycles. The molecule has 9 heteroatoms. The van der Waals surface area contributed by atoms with Crippen LogP contribution in [0.3, 0.4) is 0 Å². The minimum atomic E-state index is -0.356. The van der Waals surface area contributed by atoms with Crippen molar-refractivity contribution in [3.05, 3.63) is 0 Å². The summed E-state index contributed by atoms with van der Waals surface area (Å²) < 4.78 is 5.63. The molecule has 1 unspecified atom stereocenters. The number of amides is 1. The Morgan fingerprint density at radius 3 is 2.80 bits per heavy atom. The molecule has 0 aliphatic heterocycles. The largest absolute Gasteiger partial charge is 0.465 e. The molecule has 1 atom stereocenters. The maximum atomic E-state index is 11.9. The Bertz CT molecular complexity index is 453. The van der Waals surface area contributed by atoms with Crippen LogP contribution in [-0.2, 0) is 14.3 Å². The highest BCUT2D eigenvalue weighted by atomic mass is 32.2. The van der Waals surface area contributed by atoms with Gasteiger partial charge in [-0.05, 0) is 19.6 Å².